The lowest BCUT2D eigenvalue weighted by atomic mass is 10.1. The van der Waals surface area contributed by atoms with Crippen molar-refractivity contribution in [2.75, 3.05) is 6.54 Å². The van der Waals surface area contributed by atoms with Gasteiger partial charge in [0.05, 0.1) is 6.04 Å². The third kappa shape index (κ3) is 2.64. The first kappa shape index (κ1) is 10.8. The molecule has 2 rings (SSSR count). The van der Waals surface area contributed by atoms with E-state index in [2.05, 4.69) is 38.5 Å². The number of hydrogen-bond acceptors (Lipinski definition) is 4. The van der Waals surface area contributed by atoms with Crippen LogP contribution in [-0.4, -0.2) is 26.7 Å². The first-order valence-electron chi connectivity index (χ1n) is 5.37. The lowest BCUT2D eigenvalue weighted by molar-refractivity contribution is 0.523. The third-order valence-corrected chi connectivity index (χ3v) is 2.38. The molecule has 0 aliphatic carbocycles. The number of nitrogens with zero attached hydrogens (tertiary/aromatic N) is 3. The summed E-state index contributed by atoms with van der Waals surface area (Å²) in [6.07, 6.45) is 6.04. The smallest absolute Gasteiger partial charge is 0.141 e. The molecule has 16 heavy (non-hydrogen) atoms. The summed E-state index contributed by atoms with van der Waals surface area (Å²) < 4.78 is 0. The van der Waals surface area contributed by atoms with E-state index in [1.165, 1.54) is 11.9 Å². The van der Waals surface area contributed by atoms with Crippen molar-refractivity contribution in [3.8, 4) is 0 Å². The minimum atomic E-state index is 0.164. The van der Waals surface area contributed by atoms with Gasteiger partial charge in [-0.2, -0.15) is 5.10 Å². The average molecular weight is 217 g/mol. The van der Waals surface area contributed by atoms with Crippen molar-refractivity contribution >= 4 is 0 Å². The summed E-state index contributed by atoms with van der Waals surface area (Å²) in [7, 11) is 0. The van der Waals surface area contributed by atoms with Gasteiger partial charge in [-0.15, -0.1) is 0 Å². The van der Waals surface area contributed by atoms with Crippen LogP contribution in [0.1, 0.15) is 24.4 Å². The Balaban J connectivity index is 2.09. The molecule has 2 aromatic rings. The van der Waals surface area contributed by atoms with Gasteiger partial charge < -0.3 is 5.32 Å². The van der Waals surface area contributed by atoms with E-state index in [4.69, 9.17) is 0 Å². The molecule has 0 saturated carbocycles. The van der Waals surface area contributed by atoms with Crippen molar-refractivity contribution < 1.29 is 0 Å². The Morgan fingerprint density at radius 1 is 1.50 bits per heavy atom. The molecule has 2 heterocycles. The zero-order valence-corrected chi connectivity index (χ0v) is 9.22. The van der Waals surface area contributed by atoms with E-state index in [1.807, 2.05) is 12.3 Å². The summed E-state index contributed by atoms with van der Waals surface area (Å²) in [4.78, 5) is 8.29. The van der Waals surface area contributed by atoms with Crippen molar-refractivity contribution in [2.45, 2.75) is 19.4 Å². The Labute approximate surface area is 94.3 Å². The standard InChI is InChI=1S/C11H15N5/c1-2-13-10(11-14-8-15-16-11)6-9-4-3-5-12-7-9/h3-5,7-8,10,13H,2,6H2,1H3,(H,14,15,16). The molecule has 5 heteroatoms. The van der Waals surface area contributed by atoms with Crippen LogP contribution >= 0.6 is 0 Å². The number of aromatic amines is 1. The average Bonchev–Trinajstić information content (AvgIpc) is 2.83. The second kappa shape index (κ2) is 5.37. The SMILES string of the molecule is CCNC(Cc1cccnc1)c1ncn[nH]1. The number of aromatic nitrogens is 4. The van der Waals surface area contributed by atoms with Crippen molar-refractivity contribution in [3.05, 3.63) is 42.2 Å². The van der Waals surface area contributed by atoms with E-state index in [-0.39, 0.29) is 6.04 Å². The topological polar surface area (TPSA) is 66.5 Å². The highest BCUT2D eigenvalue weighted by atomic mass is 15.2. The fraction of sp³-hybridized carbons (Fsp3) is 0.364. The molecule has 1 unspecified atom stereocenters. The molecule has 0 bridgehead atoms. The zero-order chi connectivity index (χ0) is 11.2. The normalized spacial score (nSPS) is 12.6. The largest absolute Gasteiger partial charge is 0.307 e. The van der Waals surface area contributed by atoms with Gasteiger partial charge in [0.15, 0.2) is 0 Å². The van der Waals surface area contributed by atoms with Crippen LogP contribution in [0.15, 0.2) is 30.9 Å². The van der Waals surface area contributed by atoms with Crippen LogP contribution in [0.25, 0.3) is 0 Å². The monoisotopic (exact) mass is 217 g/mol. The molecule has 1 atom stereocenters. The maximum atomic E-state index is 4.18. The van der Waals surface area contributed by atoms with E-state index in [9.17, 15) is 0 Å². The third-order valence-electron chi connectivity index (χ3n) is 2.38. The van der Waals surface area contributed by atoms with E-state index < -0.39 is 0 Å². The summed E-state index contributed by atoms with van der Waals surface area (Å²) >= 11 is 0. The number of H-pyrrole nitrogens is 1. The van der Waals surface area contributed by atoms with Crippen LogP contribution in [-0.2, 0) is 6.42 Å². The minimum Gasteiger partial charge on any atom is -0.307 e. The van der Waals surface area contributed by atoms with Crippen molar-refractivity contribution in [1.82, 2.24) is 25.5 Å². The lowest BCUT2D eigenvalue weighted by Crippen LogP contribution is -2.24. The van der Waals surface area contributed by atoms with Crippen LogP contribution in [0, 0.1) is 0 Å². The van der Waals surface area contributed by atoms with Crippen LogP contribution in [0.2, 0.25) is 0 Å². The summed E-state index contributed by atoms with van der Waals surface area (Å²) in [6, 6.07) is 4.17. The molecule has 0 aliphatic rings. The molecule has 0 spiro atoms. The van der Waals surface area contributed by atoms with Gasteiger partial charge in [0.25, 0.3) is 0 Å². The molecular formula is C11H15N5. The van der Waals surface area contributed by atoms with Gasteiger partial charge in [-0.3, -0.25) is 10.1 Å². The highest BCUT2D eigenvalue weighted by Crippen LogP contribution is 2.13. The highest BCUT2D eigenvalue weighted by molar-refractivity contribution is 5.12. The number of hydrogen-bond donors (Lipinski definition) is 2. The molecule has 0 fully saturated rings. The predicted octanol–water partition coefficient (Wildman–Crippen LogP) is 1.09. The Bertz CT molecular complexity index is 398. The van der Waals surface area contributed by atoms with Gasteiger partial charge in [-0.1, -0.05) is 13.0 Å². The molecular weight excluding hydrogens is 202 g/mol. The van der Waals surface area contributed by atoms with E-state index in [0.29, 0.717) is 0 Å². The second-order valence-electron chi connectivity index (χ2n) is 3.55. The Kier molecular flexibility index (Phi) is 3.61. The Hall–Kier alpha value is -1.75. The first-order chi connectivity index (χ1) is 7.90. The van der Waals surface area contributed by atoms with Gasteiger partial charge in [0, 0.05) is 12.4 Å². The first-order valence-corrected chi connectivity index (χ1v) is 5.37. The fourth-order valence-corrected chi connectivity index (χ4v) is 1.65. The Morgan fingerprint density at radius 3 is 3.06 bits per heavy atom. The molecule has 0 amide bonds. The maximum Gasteiger partial charge on any atom is 0.141 e. The second-order valence-corrected chi connectivity index (χ2v) is 3.55. The molecule has 0 radical (unpaired) electrons. The van der Waals surface area contributed by atoms with Crippen molar-refractivity contribution in [1.29, 1.82) is 0 Å². The van der Waals surface area contributed by atoms with E-state index >= 15 is 0 Å². The molecule has 2 aromatic heterocycles. The molecule has 5 nitrogen and oxygen atoms in total. The summed E-state index contributed by atoms with van der Waals surface area (Å²) in [5.74, 6) is 0.866. The molecule has 2 N–H and O–H groups in total. The van der Waals surface area contributed by atoms with Crippen LogP contribution in [0.4, 0.5) is 0 Å². The molecule has 0 saturated heterocycles. The van der Waals surface area contributed by atoms with Gasteiger partial charge in [0.1, 0.15) is 12.2 Å². The van der Waals surface area contributed by atoms with Gasteiger partial charge in [-0.25, -0.2) is 4.98 Å². The minimum absolute atomic E-state index is 0.164. The zero-order valence-electron chi connectivity index (χ0n) is 9.22. The van der Waals surface area contributed by atoms with E-state index in [0.717, 1.165) is 18.8 Å². The van der Waals surface area contributed by atoms with Gasteiger partial charge >= 0.3 is 0 Å². The molecule has 0 aliphatic heterocycles. The number of rotatable bonds is 5. The van der Waals surface area contributed by atoms with Crippen LogP contribution < -0.4 is 5.32 Å². The van der Waals surface area contributed by atoms with Crippen LogP contribution in [0.3, 0.4) is 0 Å². The van der Waals surface area contributed by atoms with Crippen molar-refractivity contribution in [3.63, 3.8) is 0 Å². The molecule has 84 valence electrons. The lowest BCUT2D eigenvalue weighted by Gasteiger charge is -2.14. The predicted molar refractivity (Wildman–Crippen MR) is 60.7 cm³/mol. The van der Waals surface area contributed by atoms with Gasteiger partial charge in [-0.05, 0) is 24.6 Å². The van der Waals surface area contributed by atoms with Crippen molar-refractivity contribution in [2.24, 2.45) is 0 Å². The summed E-state index contributed by atoms with van der Waals surface area (Å²) in [6.45, 7) is 2.97. The fourth-order valence-electron chi connectivity index (χ4n) is 1.65. The summed E-state index contributed by atoms with van der Waals surface area (Å²) in [5.41, 5.74) is 1.19. The van der Waals surface area contributed by atoms with Gasteiger partial charge in [0.2, 0.25) is 0 Å². The number of likely N-dealkylation sites (N-methyl/N-ethyl adjacent to an activating group) is 1. The Morgan fingerprint density at radius 2 is 2.44 bits per heavy atom. The number of pyridine rings is 1. The maximum absolute atomic E-state index is 4.18. The van der Waals surface area contributed by atoms with E-state index in [1.54, 1.807) is 6.20 Å². The highest BCUT2D eigenvalue weighted by Gasteiger charge is 2.13. The quantitative estimate of drug-likeness (QED) is 0.787. The van der Waals surface area contributed by atoms with Crippen LogP contribution in [0.5, 0.6) is 0 Å². The molecule has 0 aromatic carbocycles. The number of nitrogens with one attached hydrogen (secondary N) is 2. The summed E-state index contributed by atoms with van der Waals surface area (Å²) in [5, 5.41) is 10.1.